The summed E-state index contributed by atoms with van der Waals surface area (Å²) in [6.45, 7) is 0. The number of fused-ring (bicyclic) bond motifs is 7. The lowest BCUT2D eigenvalue weighted by Gasteiger charge is -2.10. The molecule has 0 unspecified atom stereocenters. The molecule has 3 nitrogen and oxygen atoms in total. The summed E-state index contributed by atoms with van der Waals surface area (Å²) in [5.74, 6) is 0.949. The Labute approximate surface area is 213 Å². The smallest absolute Gasteiger partial charge is 0.145 e. The Morgan fingerprint density at radius 2 is 1.22 bits per heavy atom. The zero-order valence-corrected chi connectivity index (χ0v) is 20.0. The van der Waals surface area contributed by atoms with Crippen LogP contribution < -0.4 is 0 Å². The molecule has 3 heteroatoms. The second kappa shape index (κ2) is 7.74. The van der Waals surface area contributed by atoms with Gasteiger partial charge >= 0.3 is 0 Å². The molecule has 0 aliphatic rings. The van der Waals surface area contributed by atoms with Gasteiger partial charge in [-0.3, -0.25) is 4.57 Å². The Morgan fingerprint density at radius 1 is 0.514 bits per heavy atom. The van der Waals surface area contributed by atoms with Gasteiger partial charge in [-0.05, 0) is 52.6 Å². The van der Waals surface area contributed by atoms with Gasteiger partial charge in [-0.2, -0.15) is 0 Å². The lowest BCUT2D eigenvalue weighted by Crippen LogP contribution is -1.98. The van der Waals surface area contributed by atoms with Crippen molar-refractivity contribution in [2.75, 3.05) is 0 Å². The Morgan fingerprint density at radius 3 is 2.11 bits per heavy atom. The van der Waals surface area contributed by atoms with E-state index in [1.165, 1.54) is 26.9 Å². The van der Waals surface area contributed by atoms with E-state index >= 15 is 0 Å². The third kappa shape index (κ3) is 3.01. The van der Waals surface area contributed by atoms with E-state index in [0.29, 0.717) is 0 Å². The summed E-state index contributed by atoms with van der Waals surface area (Å²) in [6.07, 6.45) is 1.91. The van der Waals surface area contributed by atoms with Crippen molar-refractivity contribution in [1.82, 2.24) is 14.5 Å². The second-order valence-corrected chi connectivity index (χ2v) is 9.49. The van der Waals surface area contributed by atoms with Gasteiger partial charge in [0.15, 0.2) is 0 Å². The largest absolute Gasteiger partial charge is 0.293 e. The maximum absolute atomic E-state index is 4.98. The molecule has 0 saturated heterocycles. The molecule has 0 bridgehead atoms. The van der Waals surface area contributed by atoms with Gasteiger partial charge in [-0.15, -0.1) is 0 Å². The molecule has 8 rings (SSSR count). The van der Waals surface area contributed by atoms with E-state index in [9.17, 15) is 0 Å². The number of aromatic nitrogens is 3. The number of nitrogens with zero attached hydrogens (tertiary/aromatic N) is 3. The molecule has 0 N–H and O–H groups in total. The standard InChI is InChI=1S/C34H21N3/c1-4-10-26-22(7-1)14-18-32-33(26)28-21-25(30-16-13-24-9-3-6-12-29(24)36-30)15-17-31(28)37(32)34-27-11-5-2-8-23(27)19-20-35-34/h1-21H. The van der Waals surface area contributed by atoms with Crippen molar-refractivity contribution in [2.24, 2.45) is 0 Å². The van der Waals surface area contributed by atoms with Crippen LogP contribution in [0.5, 0.6) is 0 Å². The molecule has 172 valence electrons. The van der Waals surface area contributed by atoms with Crippen molar-refractivity contribution in [3.63, 3.8) is 0 Å². The average Bonchev–Trinajstić information content (AvgIpc) is 3.30. The monoisotopic (exact) mass is 471 g/mol. The average molecular weight is 472 g/mol. The first-order valence-corrected chi connectivity index (χ1v) is 12.5. The molecule has 0 aliphatic carbocycles. The van der Waals surface area contributed by atoms with Gasteiger partial charge in [0.1, 0.15) is 5.82 Å². The van der Waals surface area contributed by atoms with Crippen LogP contribution in [-0.4, -0.2) is 14.5 Å². The summed E-state index contributed by atoms with van der Waals surface area (Å²) in [5.41, 5.74) is 5.38. The summed E-state index contributed by atoms with van der Waals surface area (Å²) in [4.78, 5) is 9.88. The Bertz CT molecular complexity index is 2150. The van der Waals surface area contributed by atoms with Gasteiger partial charge in [0, 0.05) is 33.3 Å². The van der Waals surface area contributed by atoms with Crippen LogP contribution in [0.4, 0.5) is 0 Å². The van der Waals surface area contributed by atoms with Gasteiger partial charge in [0.05, 0.1) is 22.2 Å². The van der Waals surface area contributed by atoms with Crippen LogP contribution in [0.2, 0.25) is 0 Å². The molecule has 0 fully saturated rings. The number of hydrogen-bond acceptors (Lipinski definition) is 2. The Kier molecular flexibility index (Phi) is 4.23. The van der Waals surface area contributed by atoms with Gasteiger partial charge in [0.2, 0.25) is 0 Å². The van der Waals surface area contributed by atoms with E-state index in [0.717, 1.165) is 44.4 Å². The maximum atomic E-state index is 4.98. The highest BCUT2D eigenvalue weighted by atomic mass is 15.1. The minimum absolute atomic E-state index is 0.949. The zero-order valence-electron chi connectivity index (χ0n) is 20.0. The number of pyridine rings is 2. The summed E-state index contributed by atoms with van der Waals surface area (Å²) < 4.78 is 2.32. The van der Waals surface area contributed by atoms with E-state index in [1.807, 2.05) is 12.3 Å². The molecule has 0 atom stereocenters. The van der Waals surface area contributed by atoms with E-state index in [-0.39, 0.29) is 0 Å². The number of hydrogen-bond donors (Lipinski definition) is 0. The molecule has 5 aromatic carbocycles. The zero-order chi connectivity index (χ0) is 24.3. The molecule has 0 aliphatic heterocycles. The second-order valence-electron chi connectivity index (χ2n) is 9.49. The number of rotatable bonds is 2. The molecular weight excluding hydrogens is 450 g/mol. The Balaban J connectivity index is 1.49. The first kappa shape index (κ1) is 20.2. The molecule has 0 amide bonds. The lowest BCUT2D eigenvalue weighted by molar-refractivity contribution is 1.10. The van der Waals surface area contributed by atoms with Crippen molar-refractivity contribution in [1.29, 1.82) is 0 Å². The molecular formula is C34H21N3. The Hall–Kier alpha value is -5.02. The summed E-state index contributed by atoms with van der Waals surface area (Å²) >= 11 is 0. The van der Waals surface area contributed by atoms with Crippen LogP contribution >= 0.6 is 0 Å². The van der Waals surface area contributed by atoms with Gasteiger partial charge in [-0.25, -0.2) is 9.97 Å². The van der Waals surface area contributed by atoms with Crippen molar-refractivity contribution < 1.29 is 0 Å². The normalized spacial score (nSPS) is 11.8. The highest BCUT2D eigenvalue weighted by Crippen LogP contribution is 2.39. The lowest BCUT2D eigenvalue weighted by atomic mass is 10.0. The maximum Gasteiger partial charge on any atom is 0.145 e. The fourth-order valence-electron chi connectivity index (χ4n) is 5.69. The van der Waals surface area contributed by atoms with E-state index in [4.69, 9.17) is 9.97 Å². The fraction of sp³-hybridized carbons (Fsp3) is 0. The van der Waals surface area contributed by atoms with Crippen molar-refractivity contribution >= 4 is 54.3 Å². The molecule has 0 spiro atoms. The number of para-hydroxylation sites is 1. The SMILES string of the molecule is c1ccc2nc(-c3ccc4c(c3)c3c5ccccc5ccc3n4-c3nccc4ccccc34)ccc2c1. The topological polar surface area (TPSA) is 30.7 Å². The predicted molar refractivity (Wildman–Crippen MR) is 154 cm³/mol. The minimum Gasteiger partial charge on any atom is -0.293 e. The first-order chi connectivity index (χ1) is 18.3. The summed E-state index contributed by atoms with van der Waals surface area (Å²) in [6, 6.07) is 42.8. The molecule has 0 saturated carbocycles. The van der Waals surface area contributed by atoms with Crippen LogP contribution in [0.15, 0.2) is 128 Å². The van der Waals surface area contributed by atoms with Crippen LogP contribution in [0.3, 0.4) is 0 Å². The molecule has 3 heterocycles. The fourth-order valence-corrected chi connectivity index (χ4v) is 5.69. The van der Waals surface area contributed by atoms with Crippen molar-refractivity contribution in [3.8, 4) is 17.1 Å². The third-order valence-corrected chi connectivity index (χ3v) is 7.41. The predicted octanol–water partition coefficient (Wildman–Crippen LogP) is 8.70. The van der Waals surface area contributed by atoms with Crippen LogP contribution in [-0.2, 0) is 0 Å². The summed E-state index contributed by atoms with van der Waals surface area (Å²) in [5, 5.41) is 8.38. The van der Waals surface area contributed by atoms with E-state index in [1.54, 1.807) is 0 Å². The van der Waals surface area contributed by atoms with Gasteiger partial charge in [0.25, 0.3) is 0 Å². The van der Waals surface area contributed by atoms with E-state index < -0.39 is 0 Å². The number of benzene rings is 5. The van der Waals surface area contributed by atoms with E-state index in [2.05, 4.69) is 120 Å². The molecule has 8 aromatic rings. The molecule has 0 radical (unpaired) electrons. The molecule has 3 aromatic heterocycles. The van der Waals surface area contributed by atoms with Gasteiger partial charge < -0.3 is 0 Å². The quantitative estimate of drug-likeness (QED) is 0.252. The highest BCUT2D eigenvalue weighted by Gasteiger charge is 2.18. The molecule has 37 heavy (non-hydrogen) atoms. The third-order valence-electron chi connectivity index (χ3n) is 7.41. The highest BCUT2D eigenvalue weighted by molar-refractivity contribution is 6.22. The van der Waals surface area contributed by atoms with Crippen LogP contribution in [0, 0.1) is 0 Å². The van der Waals surface area contributed by atoms with Crippen LogP contribution in [0.1, 0.15) is 0 Å². The van der Waals surface area contributed by atoms with Crippen LogP contribution in [0.25, 0.3) is 71.3 Å². The van der Waals surface area contributed by atoms with Crippen molar-refractivity contribution in [2.45, 2.75) is 0 Å². The van der Waals surface area contributed by atoms with Crippen molar-refractivity contribution in [3.05, 3.63) is 128 Å². The van der Waals surface area contributed by atoms with Gasteiger partial charge in [-0.1, -0.05) is 84.9 Å². The summed E-state index contributed by atoms with van der Waals surface area (Å²) in [7, 11) is 0. The minimum atomic E-state index is 0.949. The first-order valence-electron chi connectivity index (χ1n) is 12.5.